The second-order valence-electron chi connectivity index (χ2n) is 3.54. The van der Waals surface area contributed by atoms with Crippen LogP contribution in [0.5, 0.6) is 0 Å². The number of carbonyl (C=O) groups excluding carboxylic acids is 1. The van der Waals surface area contributed by atoms with E-state index in [-0.39, 0.29) is 17.5 Å². The van der Waals surface area contributed by atoms with Gasteiger partial charge in [0.2, 0.25) is 0 Å². The molecule has 1 aromatic rings. The summed E-state index contributed by atoms with van der Waals surface area (Å²) in [7, 11) is 0. The predicted octanol–water partition coefficient (Wildman–Crippen LogP) is 2.81. The molecule has 3 heteroatoms. The van der Waals surface area contributed by atoms with E-state index in [1.807, 2.05) is 0 Å². The van der Waals surface area contributed by atoms with Gasteiger partial charge in [-0.2, -0.15) is 0 Å². The number of hydrogen-bond donors (Lipinski definition) is 0. The van der Waals surface area contributed by atoms with Crippen LogP contribution in [0.2, 0.25) is 0 Å². The Balaban J connectivity index is 2.31. The molecule has 0 aromatic heterocycles. The largest absolute Gasteiger partial charge is 0.294 e. The number of benzene rings is 1. The van der Waals surface area contributed by atoms with Gasteiger partial charge in [-0.25, -0.2) is 4.39 Å². The zero-order valence-electron chi connectivity index (χ0n) is 7.59. The average molecular weight is 213 g/mol. The Bertz CT molecular complexity index is 376. The third-order valence-electron chi connectivity index (χ3n) is 2.63. The first-order valence-corrected chi connectivity index (χ1v) is 5.14. The fraction of sp³-hybridized carbons (Fsp3) is 0.364. The molecule has 1 aliphatic carbocycles. The average Bonchev–Trinajstić information content (AvgIpc) is 2.44. The van der Waals surface area contributed by atoms with Crippen LogP contribution in [0, 0.1) is 11.7 Å². The Morgan fingerprint density at radius 1 is 1.50 bits per heavy atom. The topological polar surface area (TPSA) is 17.1 Å². The fourth-order valence-corrected chi connectivity index (χ4v) is 2.18. The van der Waals surface area contributed by atoms with Crippen LogP contribution in [0.4, 0.5) is 4.39 Å². The maximum Gasteiger partial charge on any atom is 0.166 e. The molecule has 0 saturated carbocycles. The first-order valence-electron chi connectivity index (χ1n) is 4.61. The molecule has 1 aromatic carbocycles. The lowest BCUT2D eigenvalue weighted by atomic mass is 10.0. The van der Waals surface area contributed by atoms with Gasteiger partial charge in [-0.05, 0) is 36.6 Å². The quantitative estimate of drug-likeness (QED) is 0.689. The number of alkyl halides is 1. The SMILES string of the molecule is O=C1c2ccc(F)cc2CC1CCCl. The van der Waals surface area contributed by atoms with Crippen molar-refractivity contribution in [2.24, 2.45) is 5.92 Å². The van der Waals surface area contributed by atoms with E-state index in [4.69, 9.17) is 11.6 Å². The van der Waals surface area contributed by atoms with Crippen LogP contribution in [-0.4, -0.2) is 11.7 Å². The zero-order valence-corrected chi connectivity index (χ0v) is 8.35. The molecule has 2 rings (SSSR count). The van der Waals surface area contributed by atoms with Gasteiger partial charge in [-0.3, -0.25) is 4.79 Å². The molecule has 0 spiro atoms. The van der Waals surface area contributed by atoms with Crippen molar-refractivity contribution in [2.75, 3.05) is 5.88 Å². The molecule has 0 bridgehead atoms. The molecule has 0 fully saturated rings. The van der Waals surface area contributed by atoms with Gasteiger partial charge in [0, 0.05) is 17.4 Å². The Morgan fingerprint density at radius 2 is 2.29 bits per heavy atom. The maximum absolute atomic E-state index is 12.9. The normalized spacial score (nSPS) is 19.9. The third kappa shape index (κ3) is 1.55. The van der Waals surface area contributed by atoms with Crippen LogP contribution < -0.4 is 0 Å². The highest BCUT2D eigenvalue weighted by Gasteiger charge is 2.29. The molecule has 0 amide bonds. The Hall–Kier alpha value is -0.890. The monoisotopic (exact) mass is 212 g/mol. The van der Waals surface area contributed by atoms with Gasteiger partial charge >= 0.3 is 0 Å². The molecule has 0 N–H and O–H groups in total. The first-order chi connectivity index (χ1) is 6.72. The highest BCUT2D eigenvalue weighted by molar-refractivity contribution is 6.18. The molecule has 1 aliphatic rings. The minimum atomic E-state index is -0.275. The highest BCUT2D eigenvalue weighted by Crippen LogP contribution is 2.29. The Morgan fingerprint density at radius 3 is 3.00 bits per heavy atom. The third-order valence-corrected chi connectivity index (χ3v) is 2.85. The van der Waals surface area contributed by atoms with Crippen LogP contribution in [0.3, 0.4) is 0 Å². The maximum atomic E-state index is 12.9. The Kier molecular flexibility index (Phi) is 2.55. The second-order valence-corrected chi connectivity index (χ2v) is 3.92. The van der Waals surface area contributed by atoms with E-state index in [0.29, 0.717) is 24.3 Å². The van der Waals surface area contributed by atoms with E-state index in [9.17, 15) is 9.18 Å². The lowest BCUT2D eigenvalue weighted by molar-refractivity contribution is 0.0934. The van der Waals surface area contributed by atoms with Crippen molar-refractivity contribution in [2.45, 2.75) is 12.8 Å². The van der Waals surface area contributed by atoms with Crippen molar-refractivity contribution in [1.29, 1.82) is 0 Å². The van der Waals surface area contributed by atoms with E-state index >= 15 is 0 Å². The van der Waals surface area contributed by atoms with Crippen molar-refractivity contribution in [3.05, 3.63) is 35.1 Å². The van der Waals surface area contributed by atoms with Gasteiger partial charge in [0.05, 0.1) is 0 Å². The molecule has 1 unspecified atom stereocenters. The number of hydrogen-bond acceptors (Lipinski definition) is 1. The summed E-state index contributed by atoms with van der Waals surface area (Å²) in [6.45, 7) is 0. The molecule has 0 saturated heterocycles. The smallest absolute Gasteiger partial charge is 0.166 e. The van der Waals surface area contributed by atoms with Crippen molar-refractivity contribution in [3.8, 4) is 0 Å². The molecule has 1 nitrogen and oxygen atoms in total. The predicted molar refractivity (Wildman–Crippen MR) is 53.3 cm³/mol. The molecule has 14 heavy (non-hydrogen) atoms. The van der Waals surface area contributed by atoms with Crippen molar-refractivity contribution in [3.63, 3.8) is 0 Å². The highest BCUT2D eigenvalue weighted by atomic mass is 35.5. The van der Waals surface area contributed by atoms with Crippen molar-refractivity contribution in [1.82, 2.24) is 0 Å². The van der Waals surface area contributed by atoms with Gasteiger partial charge in [-0.1, -0.05) is 0 Å². The standard InChI is InChI=1S/C11H10ClFO/c12-4-3-7-5-8-6-9(13)1-2-10(8)11(7)14/h1-2,6-7H,3-5H2. The van der Waals surface area contributed by atoms with E-state index in [1.165, 1.54) is 12.1 Å². The lowest BCUT2D eigenvalue weighted by Gasteiger charge is -2.02. The summed E-state index contributed by atoms with van der Waals surface area (Å²) in [5.41, 5.74) is 1.49. The van der Waals surface area contributed by atoms with Crippen LogP contribution in [0.25, 0.3) is 0 Å². The lowest BCUT2D eigenvalue weighted by Crippen LogP contribution is -2.09. The molecular formula is C11H10ClFO. The van der Waals surface area contributed by atoms with Crippen LogP contribution in [0.15, 0.2) is 18.2 Å². The summed E-state index contributed by atoms with van der Waals surface area (Å²) in [6, 6.07) is 4.35. The van der Waals surface area contributed by atoms with Gasteiger partial charge < -0.3 is 0 Å². The molecule has 1 atom stereocenters. The minimum Gasteiger partial charge on any atom is -0.294 e. The summed E-state index contributed by atoms with van der Waals surface area (Å²) in [6.07, 6.45) is 1.31. The number of carbonyl (C=O) groups is 1. The van der Waals surface area contributed by atoms with Gasteiger partial charge in [0.1, 0.15) is 5.82 Å². The van der Waals surface area contributed by atoms with Gasteiger partial charge in [0.25, 0.3) is 0 Å². The Labute approximate surface area is 86.9 Å². The summed E-state index contributed by atoms with van der Waals surface area (Å²) < 4.78 is 12.9. The first kappa shape index (κ1) is 9.66. The number of Topliss-reactive ketones (excluding diaryl/α,β-unsaturated/α-hetero) is 1. The second kappa shape index (κ2) is 3.70. The van der Waals surface area contributed by atoms with Crippen molar-refractivity contribution >= 4 is 17.4 Å². The summed E-state index contributed by atoms with van der Waals surface area (Å²) >= 11 is 5.59. The molecule has 74 valence electrons. The molecular weight excluding hydrogens is 203 g/mol. The van der Waals surface area contributed by atoms with Gasteiger partial charge in [-0.15, -0.1) is 11.6 Å². The number of fused-ring (bicyclic) bond motifs is 1. The fourth-order valence-electron chi connectivity index (χ4n) is 1.91. The molecule has 0 aliphatic heterocycles. The summed E-state index contributed by atoms with van der Waals surface area (Å²) in [5.74, 6) is 0.278. The van der Waals surface area contributed by atoms with E-state index in [1.54, 1.807) is 6.07 Å². The van der Waals surface area contributed by atoms with Gasteiger partial charge in [0.15, 0.2) is 5.78 Å². The van der Waals surface area contributed by atoms with E-state index in [2.05, 4.69) is 0 Å². The van der Waals surface area contributed by atoms with Crippen LogP contribution in [-0.2, 0) is 6.42 Å². The number of ketones is 1. The van der Waals surface area contributed by atoms with Crippen LogP contribution >= 0.6 is 11.6 Å². The van der Waals surface area contributed by atoms with E-state index in [0.717, 1.165) is 5.56 Å². The van der Waals surface area contributed by atoms with E-state index < -0.39 is 0 Å². The number of rotatable bonds is 2. The van der Waals surface area contributed by atoms with Crippen molar-refractivity contribution < 1.29 is 9.18 Å². The summed E-state index contributed by atoms with van der Waals surface area (Å²) in [4.78, 5) is 11.7. The zero-order chi connectivity index (χ0) is 10.1. The molecule has 0 radical (unpaired) electrons. The summed E-state index contributed by atoms with van der Waals surface area (Å²) in [5, 5.41) is 0. The van der Waals surface area contributed by atoms with Crippen LogP contribution in [0.1, 0.15) is 22.3 Å². The number of halogens is 2. The minimum absolute atomic E-state index is 0.0377. The molecule has 0 heterocycles.